The number of primary amides is 1. The number of carbonyl (C=O) groups is 2. The Labute approximate surface area is 173 Å². The SMILES string of the molecule is CC(C)C[C@H](NC(=O)c1coc([C@@H](N)Cc2ccccc2)n1)c1nc(C(N)=O)co1. The topological polar surface area (TPSA) is 150 Å². The molecule has 2 amide bonds. The molecule has 30 heavy (non-hydrogen) atoms. The molecule has 5 N–H and O–H groups in total. The van der Waals surface area contributed by atoms with Crippen LogP contribution in [0.1, 0.15) is 70.7 Å². The standard InChI is InChI=1S/C21H25N5O4/c1-12(2)8-15(21-25-16(10-30-21)18(23)27)24-19(28)17-11-29-20(26-17)14(22)9-13-6-4-3-5-7-13/h3-7,10-12,14-15H,8-9,22H2,1-2H3,(H2,23,27)(H,24,28)/t14-,15-/m0/s1. The highest BCUT2D eigenvalue weighted by Crippen LogP contribution is 2.22. The highest BCUT2D eigenvalue weighted by atomic mass is 16.3. The van der Waals surface area contributed by atoms with Crippen molar-refractivity contribution in [3.05, 3.63) is 71.6 Å². The lowest BCUT2D eigenvalue weighted by molar-refractivity contribution is 0.0919. The molecule has 2 heterocycles. The zero-order valence-electron chi connectivity index (χ0n) is 16.9. The average molecular weight is 411 g/mol. The van der Waals surface area contributed by atoms with Crippen LogP contribution in [0.3, 0.4) is 0 Å². The first-order valence-corrected chi connectivity index (χ1v) is 9.64. The normalized spacial score (nSPS) is 13.2. The van der Waals surface area contributed by atoms with Crippen LogP contribution in [0.2, 0.25) is 0 Å². The molecule has 0 saturated heterocycles. The minimum atomic E-state index is -0.701. The summed E-state index contributed by atoms with van der Waals surface area (Å²) >= 11 is 0. The van der Waals surface area contributed by atoms with Crippen LogP contribution in [0.4, 0.5) is 0 Å². The number of rotatable bonds is 9. The maximum Gasteiger partial charge on any atom is 0.273 e. The van der Waals surface area contributed by atoms with Gasteiger partial charge in [0.05, 0.1) is 6.04 Å². The van der Waals surface area contributed by atoms with Crippen molar-refractivity contribution in [2.45, 2.75) is 38.8 Å². The van der Waals surface area contributed by atoms with Crippen molar-refractivity contribution in [2.24, 2.45) is 17.4 Å². The fraction of sp³-hybridized carbons (Fsp3) is 0.333. The minimum Gasteiger partial charge on any atom is -0.446 e. The smallest absolute Gasteiger partial charge is 0.273 e. The third-order valence-corrected chi connectivity index (χ3v) is 4.46. The second-order valence-electron chi connectivity index (χ2n) is 7.46. The first kappa shape index (κ1) is 21.3. The van der Waals surface area contributed by atoms with E-state index >= 15 is 0 Å². The van der Waals surface area contributed by atoms with Gasteiger partial charge in [-0.15, -0.1) is 0 Å². The predicted octanol–water partition coefficient (Wildman–Crippen LogP) is 2.52. The van der Waals surface area contributed by atoms with Crippen LogP contribution in [-0.4, -0.2) is 21.8 Å². The lowest BCUT2D eigenvalue weighted by atomic mass is 10.0. The number of hydrogen-bond donors (Lipinski definition) is 3. The predicted molar refractivity (Wildman–Crippen MR) is 108 cm³/mol. The molecule has 0 unspecified atom stereocenters. The van der Waals surface area contributed by atoms with Gasteiger partial charge in [0.2, 0.25) is 11.8 Å². The maximum absolute atomic E-state index is 12.7. The van der Waals surface area contributed by atoms with Gasteiger partial charge in [0.15, 0.2) is 11.4 Å². The first-order valence-electron chi connectivity index (χ1n) is 9.64. The fourth-order valence-electron chi connectivity index (χ4n) is 3.00. The Morgan fingerprint density at radius 1 is 1.03 bits per heavy atom. The number of carbonyl (C=O) groups excluding carboxylic acids is 2. The van der Waals surface area contributed by atoms with Crippen molar-refractivity contribution in [2.75, 3.05) is 0 Å². The Morgan fingerprint density at radius 3 is 2.30 bits per heavy atom. The molecule has 2 atom stereocenters. The minimum absolute atomic E-state index is 0.00335. The number of nitrogens with zero attached hydrogens (tertiary/aromatic N) is 2. The van der Waals surface area contributed by atoms with E-state index in [-0.39, 0.29) is 29.1 Å². The largest absolute Gasteiger partial charge is 0.446 e. The summed E-state index contributed by atoms with van der Waals surface area (Å²) in [7, 11) is 0. The number of amides is 2. The average Bonchev–Trinajstić information content (AvgIpc) is 3.38. The van der Waals surface area contributed by atoms with Crippen LogP contribution < -0.4 is 16.8 Å². The van der Waals surface area contributed by atoms with Crippen molar-refractivity contribution in [3.63, 3.8) is 0 Å². The molecule has 0 aliphatic carbocycles. The van der Waals surface area contributed by atoms with Gasteiger partial charge >= 0.3 is 0 Å². The van der Waals surface area contributed by atoms with E-state index in [2.05, 4.69) is 15.3 Å². The second kappa shape index (κ2) is 9.36. The highest BCUT2D eigenvalue weighted by Gasteiger charge is 2.25. The molecule has 0 fully saturated rings. The number of benzene rings is 1. The van der Waals surface area contributed by atoms with Crippen LogP contribution in [0.25, 0.3) is 0 Å². The molecule has 9 nitrogen and oxygen atoms in total. The van der Waals surface area contributed by atoms with Crippen molar-refractivity contribution in [1.29, 1.82) is 0 Å². The number of aromatic nitrogens is 2. The quantitative estimate of drug-likeness (QED) is 0.489. The van der Waals surface area contributed by atoms with Gasteiger partial charge in [-0.2, -0.15) is 0 Å². The van der Waals surface area contributed by atoms with Crippen LogP contribution in [0.5, 0.6) is 0 Å². The van der Waals surface area contributed by atoms with Crippen molar-refractivity contribution < 1.29 is 18.4 Å². The van der Waals surface area contributed by atoms with Crippen molar-refractivity contribution >= 4 is 11.8 Å². The van der Waals surface area contributed by atoms with Gasteiger partial charge in [0.25, 0.3) is 11.8 Å². The van der Waals surface area contributed by atoms with Crippen LogP contribution >= 0.6 is 0 Å². The summed E-state index contributed by atoms with van der Waals surface area (Å²) in [5.74, 6) is -0.451. The fourth-order valence-corrected chi connectivity index (χ4v) is 3.00. The molecule has 1 aromatic carbocycles. The summed E-state index contributed by atoms with van der Waals surface area (Å²) in [5, 5.41) is 2.82. The number of hydrogen-bond acceptors (Lipinski definition) is 7. The highest BCUT2D eigenvalue weighted by molar-refractivity contribution is 5.92. The molecular formula is C21H25N5O4. The van der Waals surface area contributed by atoms with Gasteiger partial charge in [-0.05, 0) is 24.3 Å². The Hall–Kier alpha value is -3.46. The lowest BCUT2D eigenvalue weighted by Crippen LogP contribution is -2.30. The number of nitrogens with two attached hydrogens (primary N) is 2. The van der Waals surface area contributed by atoms with Gasteiger partial charge in [-0.3, -0.25) is 9.59 Å². The van der Waals surface area contributed by atoms with E-state index in [0.717, 1.165) is 5.56 Å². The molecule has 0 aliphatic heterocycles. The van der Waals surface area contributed by atoms with Gasteiger partial charge in [0, 0.05) is 0 Å². The molecule has 0 saturated carbocycles. The molecule has 0 bridgehead atoms. The van der Waals surface area contributed by atoms with Crippen LogP contribution in [0.15, 0.2) is 51.7 Å². The van der Waals surface area contributed by atoms with E-state index in [1.807, 2.05) is 44.2 Å². The monoisotopic (exact) mass is 411 g/mol. The van der Waals surface area contributed by atoms with Crippen molar-refractivity contribution in [1.82, 2.24) is 15.3 Å². The summed E-state index contributed by atoms with van der Waals surface area (Å²) in [4.78, 5) is 32.3. The number of oxazole rings is 2. The summed E-state index contributed by atoms with van der Waals surface area (Å²) in [6.45, 7) is 3.99. The van der Waals surface area contributed by atoms with Gasteiger partial charge in [0.1, 0.15) is 18.6 Å². The molecule has 3 rings (SSSR count). The van der Waals surface area contributed by atoms with Gasteiger partial charge in [-0.1, -0.05) is 44.2 Å². The third-order valence-electron chi connectivity index (χ3n) is 4.46. The molecule has 2 aromatic heterocycles. The Morgan fingerprint density at radius 2 is 1.67 bits per heavy atom. The summed E-state index contributed by atoms with van der Waals surface area (Å²) in [6.07, 6.45) is 3.52. The molecule has 3 aromatic rings. The molecule has 158 valence electrons. The van der Waals surface area contributed by atoms with Gasteiger partial charge in [-0.25, -0.2) is 9.97 Å². The second-order valence-corrected chi connectivity index (χ2v) is 7.46. The Kier molecular flexibility index (Phi) is 6.63. The molecule has 9 heteroatoms. The first-order chi connectivity index (χ1) is 14.3. The molecule has 0 aliphatic rings. The van der Waals surface area contributed by atoms with Crippen LogP contribution in [0, 0.1) is 5.92 Å². The maximum atomic E-state index is 12.7. The molecular weight excluding hydrogens is 386 g/mol. The molecule has 0 radical (unpaired) electrons. The zero-order chi connectivity index (χ0) is 21.7. The molecule has 0 spiro atoms. The summed E-state index contributed by atoms with van der Waals surface area (Å²) in [5.41, 5.74) is 12.5. The number of nitrogens with one attached hydrogen (secondary N) is 1. The van der Waals surface area contributed by atoms with E-state index in [1.165, 1.54) is 12.5 Å². The van der Waals surface area contributed by atoms with E-state index in [4.69, 9.17) is 20.3 Å². The van der Waals surface area contributed by atoms with E-state index in [1.54, 1.807) is 0 Å². The third kappa shape index (κ3) is 5.32. The lowest BCUT2D eigenvalue weighted by Gasteiger charge is -2.16. The van der Waals surface area contributed by atoms with E-state index in [0.29, 0.717) is 12.8 Å². The van der Waals surface area contributed by atoms with Crippen LogP contribution in [-0.2, 0) is 6.42 Å². The summed E-state index contributed by atoms with van der Waals surface area (Å²) < 4.78 is 10.8. The Balaban J connectivity index is 1.70. The summed E-state index contributed by atoms with van der Waals surface area (Å²) in [6, 6.07) is 8.67. The zero-order valence-corrected chi connectivity index (χ0v) is 16.9. The van der Waals surface area contributed by atoms with Gasteiger partial charge < -0.3 is 25.6 Å². The van der Waals surface area contributed by atoms with E-state index in [9.17, 15) is 9.59 Å². The van der Waals surface area contributed by atoms with E-state index < -0.39 is 23.9 Å². The Bertz CT molecular complexity index is 996. The van der Waals surface area contributed by atoms with Crippen molar-refractivity contribution in [3.8, 4) is 0 Å².